The molecule has 0 radical (unpaired) electrons. The Balaban J connectivity index is 1.84. The number of pyridine rings is 1. The smallest absolute Gasteiger partial charge is 0.257 e. The molecule has 3 rings (SSSR count). The molecule has 1 saturated carbocycles. The van der Waals surface area contributed by atoms with Gasteiger partial charge in [0.1, 0.15) is 5.82 Å². The average Bonchev–Trinajstić information content (AvgIpc) is 2.53. The SMILES string of the molecule is NCC(Nc1cc2ccccc2c(=O)[nH]1)C1CCCCC1. The summed E-state index contributed by atoms with van der Waals surface area (Å²) in [7, 11) is 0. The molecular formula is C17H23N3O. The van der Waals surface area contributed by atoms with Gasteiger partial charge in [-0.25, -0.2) is 0 Å². The summed E-state index contributed by atoms with van der Waals surface area (Å²) in [5.74, 6) is 1.39. The molecule has 1 fully saturated rings. The van der Waals surface area contributed by atoms with Crippen LogP contribution in [0.3, 0.4) is 0 Å². The maximum absolute atomic E-state index is 12.1. The zero-order valence-electron chi connectivity index (χ0n) is 12.3. The molecule has 1 aromatic heterocycles. The predicted molar refractivity (Wildman–Crippen MR) is 87.6 cm³/mol. The molecule has 0 aliphatic heterocycles. The second kappa shape index (κ2) is 6.31. The molecule has 4 N–H and O–H groups in total. The van der Waals surface area contributed by atoms with E-state index < -0.39 is 0 Å². The Morgan fingerprint density at radius 1 is 1.24 bits per heavy atom. The van der Waals surface area contributed by atoms with Crippen LogP contribution in [0.25, 0.3) is 10.8 Å². The second-order valence-electron chi connectivity index (χ2n) is 5.98. The molecule has 1 aromatic carbocycles. The number of nitrogens with two attached hydrogens (primary N) is 1. The molecule has 1 unspecified atom stereocenters. The van der Waals surface area contributed by atoms with Crippen molar-refractivity contribution in [1.82, 2.24) is 4.98 Å². The number of H-pyrrole nitrogens is 1. The number of hydrogen-bond donors (Lipinski definition) is 3. The second-order valence-corrected chi connectivity index (χ2v) is 5.98. The highest BCUT2D eigenvalue weighted by molar-refractivity contribution is 5.83. The highest BCUT2D eigenvalue weighted by atomic mass is 16.1. The van der Waals surface area contributed by atoms with Crippen LogP contribution < -0.4 is 16.6 Å². The molecule has 0 spiro atoms. The third-order valence-corrected chi connectivity index (χ3v) is 4.57. The number of aromatic nitrogens is 1. The summed E-state index contributed by atoms with van der Waals surface area (Å²) >= 11 is 0. The van der Waals surface area contributed by atoms with Crippen molar-refractivity contribution in [3.8, 4) is 0 Å². The molecule has 4 heteroatoms. The molecule has 21 heavy (non-hydrogen) atoms. The van der Waals surface area contributed by atoms with Crippen LogP contribution in [0.1, 0.15) is 32.1 Å². The fourth-order valence-electron chi connectivity index (χ4n) is 3.39. The third-order valence-electron chi connectivity index (χ3n) is 4.57. The molecule has 4 nitrogen and oxygen atoms in total. The summed E-state index contributed by atoms with van der Waals surface area (Å²) in [4.78, 5) is 15.1. The maximum atomic E-state index is 12.1. The van der Waals surface area contributed by atoms with Crippen LogP contribution in [0.2, 0.25) is 0 Å². The number of hydrogen-bond acceptors (Lipinski definition) is 3. The minimum atomic E-state index is -0.0463. The average molecular weight is 285 g/mol. The number of nitrogens with one attached hydrogen (secondary N) is 2. The molecule has 1 atom stereocenters. The van der Waals surface area contributed by atoms with Crippen molar-refractivity contribution in [1.29, 1.82) is 0 Å². The first-order valence-corrected chi connectivity index (χ1v) is 7.86. The molecule has 112 valence electrons. The van der Waals surface area contributed by atoms with Crippen molar-refractivity contribution in [3.63, 3.8) is 0 Å². The van der Waals surface area contributed by atoms with Crippen molar-refractivity contribution >= 4 is 16.6 Å². The molecule has 0 saturated heterocycles. The van der Waals surface area contributed by atoms with E-state index in [-0.39, 0.29) is 11.6 Å². The molecule has 1 heterocycles. The van der Waals surface area contributed by atoms with Crippen LogP contribution in [-0.2, 0) is 0 Å². The molecule has 0 amide bonds. The summed E-state index contributed by atoms with van der Waals surface area (Å²) in [6, 6.07) is 9.89. The Bertz CT molecular complexity index is 658. The minimum absolute atomic E-state index is 0.0463. The largest absolute Gasteiger partial charge is 0.367 e. The lowest BCUT2D eigenvalue weighted by Gasteiger charge is -2.30. The van der Waals surface area contributed by atoms with Gasteiger partial charge >= 0.3 is 0 Å². The Morgan fingerprint density at radius 2 is 2.00 bits per heavy atom. The van der Waals surface area contributed by atoms with Crippen molar-refractivity contribution in [2.45, 2.75) is 38.1 Å². The van der Waals surface area contributed by atoms with Gasteiger partial charge in [0.2, 0.25) is 0 Å². The predicted octanol–water partition coefficient (Wildman–Crippen LogP) is 2.85. The first-order valence-electron chi connectivity index (χ1n) is 7.86. The lowest BCUT2D eigenvalue weighted by atomic mass is 9.84. The van der Waals surface area contributed by atoms with E-state index in [0.717, 1.165) is 16.6 Å². The van der Waals surface area contributed by atoms with E-state index in [1.165, 1.54) is 32.1 Å². The molecule has 2 aromatic rings. The van der Waals surface area contributed by atoms with Gasteiger partial charge in [-0.05, 0) is 36.3 Å². The van der Waals surface area contributed by atoms with E-state index in [0.29, 0.717) is 12.5 Å². The molecule has 0 bridgehead atoms. The zero-order valence-corrected chi connectivity index (χ0v) is 12.3. The van der Waals surface area contributed by atoms with Crippen LogP contribution in [0.15, 0.2) is 35.1 Å². The number of fused-ring (bicyclic) bond motifs is 1. The van der Waals surface area contributed by atoms with Gasteiger partial charge in [-0.3, -0.25) is 4.79 Å². The van der Waals surface area contributed by atoms with Gasteiger partial charge in [0.25, 0.3) is 5.56 Å². The van der Waals surface area contributed by atoms with E-state index in [2.05, 4.69) is 10.3 Å². The lowest BCUT2D eigenvalue weighted by molar-refractivity contribution is 0.320. The van der Waals surface area contributed by atoms with Crippen LogP contribution in [0.4, 0.5) is 5.82 Å². The van der Waals surface area contributed by atoms with E-state index in [1.54, 1.807) is 0 Å². The summed E-state index contributed by atoms with van der Waals surface area (Å²) in [6.07, 6.45) is 6.37. The summed E-state index contributed by atoms with van der Waals surface area (Å²) < 4.78 is 0. The van der Waals surface area contributed by atoms with Gasteiger partial charge in [0.05, 0.1) is 0 Å². The topological polar surface area (TPSA) is 70.9 Å². The number of aromatic amines is 1. The van der Waals surface area contributed by atoms with E-state index >= 15 is 0 Å². The number of benzene rings is 1. The van der Waals surface area contributed by atoms with Crippen LogP contribution in [0.5, 0.6) is 0 Å². The Labute approximate surface area is 124 Å². The Kier molecular flexibility index (Phi) is 4.25. The number of anilines is 1. The third kappa shape index (κ3) is 3.10. The van der Waals surface area contributed by atoms with Gasteiger partial charge in [0.15, 0.2) is 0 Å². The zero-order chi connectivity index (χ0) is 14.7. The molecular weight excluding hydrogens is 262 g/mol. The standard InChI is InChI=1S/C17H23N3O/c18-11-15(12-6-2-1-3-7-12)19-16-10-13-8-4-5-9-14(13)17(21)20-16/h4-5,8-10,12,15H,1-3,6-7,11,18H2,(H2,19,20,21). The highest BCUT2D eigenvalue weighted by Crippen LogP contribution is 2.27. The van der Waals surface area contributed by atoms with Gasteiger partial charge in [-0.1, -0.05) is 37.5 Å². The first kappa shape index (κ1) is 14.1. The van der Waals surface area contributed by atoms with E-state index in [4.69, 9.17) is 5.73 Å². The van der Waals surface area contributed by atoms with Gasteiger partial charge in [-0.15, -0.1) is 0 Å². The lowest BCUT2D eigenvalue weighted by Crippen LogP contribution is -2.38. The fraction of sp³-hybridized carbons (Fsp3) is 0.471. The van der Waals surface area contributed by atoms with E-state index in [1.807, 2.05) is 30.3 Å². The van der Waals surface area contributed by atoms with Crippen LogP contribution >= 0.6 is 0 Å². The first-order chi connectivity index (χ1) is 10.3. The number of rotatable bonds is 4. The van der Waals surface area contributed by atoms with Gasteiger partial charge < -0.3 is 16.0 Å². The van der Waals surface area contributed by atoms with Crippen molar-refractivity contribution in [2.24, 2.45) is 11.7 Å². The summed E-state index contributed by atoms with van der Waals surface area (Å²) in [6.45, 7) is 0.597. The normalized spacial score (nSPS) is 17.8. The monoisotopic (exact) mass is 285 g/mol. The van der Waals surface area contributed by atoms with Crippen LogP contribution in [0, 0.1) is 5.92 Å². The Hall–Kier alpha value is -1.81. The summed E-state index contributed by atoms with van der Waals surface area (Å²) in [5, 5.41) is 5.14. The fourth-order valence-corrected chi connectivity index (χ4v) is 3.39. The quantitative estimate of drug-likeness (QED) is 0.809. The van der Waals surface area contributed by atoms with E-state index in [9.17, 15) is 4.79 Å². The van der Waals surface area contributed by atoms with Crippen LogP contribution in [-0.4, -0.2) is 17.6 Å². The maximum Gasteiger partial charge on any atom is 0.257 e. The molecule has 1 aliphatic rings. The van der Waals surface area contributed by atoms with Crippen molar-refractivity contribution < 1.29 is 0 Å². The summed E-state index contributed by atoms with van der Waals surface area (Å²) in [5.41, 5.74) is 5.90. The van der Waals surface area contributed by atoms with Crippen molar-refractivity contribution in [3.05, 3.63) is 40.7 Å². The van der Waals surface area contributed by atoms with Gasteiger partial charge in [0, 0.05) is 18.0 Å². The molecule has 1 aliphatic carbocycles. The van der Waals surface area contributed by atoms with Gasteiger partial charge in [-0.2, -0.15) is 0 Å². The Morgan fingerprint density at radius 3 is 2.76 bits per heavy atom. The minimum Gasteiger partial charge on any atom is -0.367 e. The van der Waals surface area contributed by atoms with Crippen molar-refractivity contribution in [2.75, 3.05) is 11.9 Å². The highest BCUT2D eigenvalue weighted by Gasteiger charge is 2.22.